The van der Waals surface area contributed by atoms with E-state index in [1.807, 2.05) is 0 Å². The molecule has 0 bridgehead atoms. The van der Waals surface area contributed by atoms with Crippen molar-refractivity contribution in [1.82, 2.24) is 0 Å². The maximum absolute atomic E-state index is 13.3. The number of allylic oxidation sites excluding steroid dienone is 1. The van der Waals surface area contributed by atoms with Crippen LogP contribution in [0.5, 0.6) is 0 Å². The van der Waals surface area contributed by atoms with E-state index in [0.717, 1.165) is 37.7 Å². The van der Waals surface area contributed by atoms with Crippen LogP contribution in [0.3, 0.4) is 0 Å². The number of epoxide rings is 1. The summed E-state index contributed by atoms with van der Waals surface area (Å²) < 4.78 is 11.4. The SMILES string of the molecule is CC1=C(CC(O)C(C)C2CCC3C4C[C@H]5O[C@]56[C@@H](O)C=CC(=O)C6(C)C4CCC23C)COC1=O. The molecule has 34 heavy (non-hydrogen) atoms. The smallest absolute Gasteiger partial charge is 0.334 e. The monoisotopic (exact) mass is 470 g/mol. The highest BCUT2D eigenvalue weighted by atomic mass is 16.6. The molecule has 0 amide bonds. The third kappa shape index (κ3) is 2.68. The molecule has 1 saturated heterocycles. The molecule has 6 nitrogen and oxygen atoms in total. The Kier molecular flexibility index (Phi) is 4.90. The van der Waals surface area contributed by atoms with Gasteiger partial charge in [-0.05, 0) is 105 Å². The van der Waals surface area contributed by atoms with Gasteiger partial charge in [0.05, 0.1) is 17.6 Å². The molecule has 6 heteroatoms. The Bertz CT molecular complexity index is 999. The fourth-order valence-electron chi connectivity index (χ4n) is 9.52. The molecule has 6 rings (SSSR count). The molecule has 2 aliphatic heterocycles. The minimum Gasteiger partial charge on any atom is -0.458 e. The Morgan fingerprint density at radius 3 is 2.65 bits per heavy atom. The van der Waals surface area contributed by atoms with Gasteiger partial charge in [-0.1, -0.05) is 13.8 Å². The number of ether oxygens (including phenoxy) is 2. The number of aliphatic hydroxyl groups excluding tert-OH is 2. The number of ketones is 1. The molecule has 2 heterocycles. The number of esters is 1. The molecule has 1 spiro atoms. The van der Waals surface area contributed by atoms with Crippen molar-refractivity contribution in [3.63, 3.8) is 0 Å². The highest BCUT2D eigenvalue weighted by Gasteiger charge is 2.80. The van der Waals surface area contributed by atoms with Crippen molar-refractivity contribution in [3.8, 4) is 0 Å². The van der Waals surface area contributed by atoms with Gasteiger partial charge in [0, 0.05) is 5.57 Å². The Labute approximate surface area is 201 Å². The van der Waals surface area contributed by atoms with Crippen LogP contribution in [0.2, 0.25) is 0 Å². The third-order valence-electron chi connectivity index (χ3n) is 11.6. The van der Waals surface area contributed by atoms with Crippen molar-refractivity contribution >= 4 is 11.8 Å². The lowest BCUT2D eigenvalue weighted by Gasteiger charge is -2.58. The summed E-state index contributed by atoms with van der Waals surface area (Å²) in [6.45, 7) is 8.74. The Morgan fingerprint density at radius 1 is 1.18 bits per heavy atom. The maximum atomic E-state index is 13.3. The fourth-order valence-corrected chi connectivity index (χ4v) is 9.52. The zero-order valence-electron chi connectivity index (χ0n) is 20.8. The molecule has 2 N–H and O–H groups in total. The highest BCUT2D eigenvalue weighted by Crippen LogP contribution is 2.73. The van der Waals surface area contributed by atoms with Gasteiger partial charge >= 0.3 is 5.97 Å². The lowest BCUT2D eigenvalue weighted by Crippen LogP contribution is -2.63. The summed E-state index contributed by atoms with van der Waals surface area (Å²) in [5.74, 6) is 1.52. The standard InChI is InChI=1S/C28H38O6/c1-14-16(13-33-25(14)32)11-21(29)15(2)18-5-6-19-17-12-24-28(34-24)23(31)8-7-22(30)27(28,4)20(17)9-10-26(18,19)3/h7-8,15,17-21,23-24,29,31H,5-6,9-13H2,1-4H3/t15?,17?,18?,19?,20?,21?,23-,24+,26?,27?,28+/m0/s1. The van der Waals surface area contributed by atoms with Crippen molar-refractivity contribution in [3.05, 3.63) is 23.3 Å². The summed E-state index contributed by atoms with van der Waals surface area (Å²) in [5.41, 5.74) is 0.321. The Hall–Kier alpha value is -1.50. The normalized spacial score (nSPS) is 50.8. The average Bonchev–Trinajstić information content (AvgIpc) is 3.33. The van der Waals surface area contributed by atoms with E-state index in [4.69, 9.17) is 9.47 Å². The number of aliphatic hydroxyl groups is 2. The molecule has 11 atom stereocenters. The Morgan fingerprint density at radius 2 is 1.94 bits per heavy atom. The number of hydrogen-bond donors (Lipinski definition) is 2. The molecule has 4 fully saturated rings. The van der Waals surface area contributed by atoms with Crippen LogP contribution in [0.15, 0.2) is 23.3 Å². The number of rotatable bonds is 4. The van der Waals surface area contributed by atoms with Crippen LogP contribution in [0, 0.1) is 40.4 Å². The lowest BCUT2D eigenvalue weighted by molar-refractivity contribution is -0.151. The van der Waals surface area contributed by atoms with Gasteiger partial charge in [0.15, 0.2) is 5.78 Å². The second kappa shape index (κ2) is 7.27. The quantitative estimate of drug-likeness (QED) is 0.483. The predicted molar refractivity (Wildman–Crippen MR) is 124 cm³/mol. The van der Waals surface area contributed by atoms with Crippen LogP contribution in [-0.4, -0.2) is 52.5 Å². The number of carbonyl (C=O) groups is 2. The van der Waals surface area contributed by atoms with E-state index in [1.54, 1.807) is 19.1 Å². The zero-order valence-corrected chi connectivity index (χ0v) is 20.8. The van der Waals surface area contributed by atoms with Crippen molar-refractivity contribution < 1.29 is 29.3 Å². The molecular formula is C28H38O6. The summed E-state index contributed by atoms with van der Waals surface area (Å²) in [4.78, 5) is 25.0. The molecule has 0 aromatic carbocycles. The van der Waals surface area contributed by atoms with Crippen LogP contribution in [-0.2, 0) is 19.1 Å². The number of cyclic esters (lactones) is 1. The van der Waals surface area contributed by atoms with Gasteiger partial charge in [0.2, 0.25) is 0 Å². The number of carbonyl (C=O) groups excluding carboxylic acids is 2. The summed E-state index contributed by atoms with van der Waals surface area (Å²) in [5, 5.41) is 22.0. The summed E-state index contributed by atoms with van der Waals surface area (Å²) >= 11 is 0. The molecular weight excluding hydrogens is 432 g/mol. The van der Waals surface area contributed by atoms with Crippen molar-refractivity contribution in [1.29, 1.82) is 0 Å². The van der Waals surface area contributed by atoms with Gasteiger partial charge in [-0.3, -0.25) is 4.79 Å². The topological polar surface area (TPSA) is 96.4 Å². The van der Waals surface area contributed by atoms with E-state index in [2.05, 4.69) is 20.8 Å². The van der Waals surface area contributed by atoms with Crippen molar-refractivity contribution in [2.24, 2.45) is 40.4 Å². The molecule has 0 aromatic rings. The molecule has 4 aliphatic carbocycles. The predicted octanol–water partition coefficient (Wildman–Crippen LogP) is 3.35. The first-order valence-corrected chi connectivity index (χ1v) is 13.2. The first-order chi connectivity index (χ1) is 16.1. The van der Waals surface area contributed by atoms with E-state index < -0.39 is 23.2 Å². The molecule has 0 radical (unpaired) electrons. The van der Waals surface area contributed by atoms with Gasteiger partial charge < -0.3 is 19.7 Å². The summed E-state index contributed by atoms with van der Waals surface area (Å²) in [7, 11) is 0. The van der Waals surface area contributed by atoms with Crippen molar-refractivity contribution in [2.45, 2.75) is 90.1 Å². The molecule has 3 saturated carbocycles. The molecule has 8 unspecified atom stereocenters. The minimum absolute atomic E-state index is 0.0399. The second-order valence-corrected chi connectivity index (χ2v) is 12.5. The van der Waals surface area contributed by atoms with E-state index in [9.17, 15) is 19.8 Å². The first-order valence-electron chi connectivity index (χ1n) is 13.2. The second-order valence-electron chi connectivity index (χ2n) is 12.5. The average molecular weight is 471 g/mol. The van der Waals surface area contributed by atoms with Gasteiger partial charge in [0.1, 0.15) is 18.3 Å². The van der Waals surface area contributed by atoms with Gasteiger partial charge in [-0.25, -0.2) is 4.79 Å². The zero-order chi connectivity index (χ0) is 24.2. The largest absolute Gasteiger partial charge is 0.458 e. The lowest BCUT2D eigenvalue weighted by atomic mass is 9.44. The van der Waals surface area contributed by atoms with Crippen molar-refractivity contribution in [2.75, 3.05) is 6.61 Å². The van der Waals surface area contributed by atoms with Crippen LogP contribution < -0.4 is 0 Å². The van der Waals surface area contributed by atoms with Crippen LogP contribution in [0.4, 0.5) is 0 Å². The third-order valence-corrected chi connectivity index (χ3v) is 11.6. The van der Waals surface area contributed by atoms with Gasteiger partial charge in [-0.2, -0.15) is 0 Å². The van der Waals surface area contributed by atoms with E-state index in [0.29, 0.717) is 36.4 Å². The summed E-state index contributed by atoms with van der Waals surface area (Å²) in [6.07, 6.45) is 7.60. The molecule has 0 aromatic heterocycles. The molecule has 6 aliphatic rings. The van der Waals surface area contributed by atoms with Crippen LogP contribution in [0.1, 0.15) is 66.2 Å². The molecule has 186 valence electrons. The fraction of sp³-hybridized carbons (Fsp3) is 0.786. The number of fused-ring (bicyclic) bond motifs is 4. The summed E-state index contributed by atoms with van der Waals surface area (Å²) in [6, 6.07) is 0. The minimum atomic E-state index is -0.721. The Balaban J connectivity index is 1.24. The highest BCUT2D eigenvalue weighted by molar-refractivity contribution is 5.98. The maximum Gasteiger partial charge on any atom is 0.334 e. The van der Waals surface area contributed by atoms with Crippen LogP contribution >= 0.6 is 0 Å². The van der Waals surface area contributed by atoms with E-state index >= 15 is 0 Å². The van der Waals surface area contributed by atoms with Crippen LogP contribution in [0.25, 0.3) is 0 Å². The first kappa shape index (κ1) is 22.9. The number of hydrogen-bond acceptors (Lipinski definition) is 6. The van der Waals surface area contributed by atoms with Gasteiger partial charge in [-0.15, -0.1) is 0 Å². The van der Waals surface area contributed by atoms with Gasteiger partial charge in [0.25, 0.3) is 0 Å². The van der Waals surface area contributed by atoms with E-state index in [1.165, 1.54) is 0 Å². The van der Waals surface area contributed by atoms with E-state index in [-0.39, 0.29) is 35.1 Å².